The lowest BCUT2D eigenvalue weighted by Gasteiger charge is -2.01. The van der Waals surface area contributed by atoms with Gasteiger partial charge in [-0.05, 0) is 33.3 Å². The highest BCUT2D eigenvalue weighted by molar-refractivity contribution is 9.11. The van der Waals surface area contributed by atoms with Crippen molar-refractivity contribution in [2.45, 2.75) is 0 Å². The number of non-ortho nitro benzene ring substituents is 1. The first-order valence-corrected chi connectivity index (χ1v) is 6.56. The van der Waals surface area contributed by atoms with E-state index in [1.165, 1.54) is 23.5 Å². The normalized spacial score (nSPS) is 10.2. The van der Waals surface area contributed by atoms with Crippen molar-refractivity contribution in [2.24, 2.45) is 0 Å². The van der Waals surface area contributed by atoms with Crippen molar-refractivity contribution in [1.29, 1.82) is 0 Å². The number of hydrogen-bond acceptors (Lipinski definition) is 6. The second kappa shape index (κ2) is 5.07. The summed E-state index contributed by atoms with van der Waals surface area (Å²) in [5.74, 6) is 0.328. The molecule has 0 aliphatic rings. The molecule has 0 saturated carbocycles. The molecular weight excluding hydrogens is 378 g/mol. The number of nitro benzene ring substituents is 1. The summed E-state index contributed by atoms with van der Waals surface area (Å²) in [7, 11) is 0. The molecule has 17 heavy (non-hydrogen) atoms. The Morgan fingerprint density at radius 1 is 1.29 bits per heavy atom. The van der Waals surface area contributed by atoms with E-state index in [-0.39, 0.29) is 5.69 Å². The van der Waals surface area contributed by atoms with Crippen molar-refractivity contribution in [2.75, 3.05) is 0 Å². The van der Waals surface area contributed by atoms with Crippen molar-refractivity contribution in [3.63, 3.8) is 0 Å². The van der Waals surface area contributed by atoms with Crippen molar-refractivity contribution in [3.05, 3.63) is 36.7 Å². The zero-order valence-electron chi connectivity index (χ0n) is 7.96. The van der Waals surface area contributed by atoms with Crippen molar-refractivity contribution in [3.8, 4) is 10.9 Å². The standard InChI is InChI=1S/C8H3Br2N3O3S/c9-4-1-5(13(14)15)3-6(2-4)16-8-12-11-7(10)17-8/h1-3H. The van der Waals surface area contributed by atoms with Crippen LogP contribution in [0.15, 0.2) is 26.6 Å². The van der Waals surface area contributed by atoms with Crippen LogP contribution >= 0.6 is 43.2 Å². The molecule has 2 rings (SSSR count). The van der Waals surface area contributed by atoms with Crippen LogP contribution in [0, 0.1) is 10.1 Å². The van der Waals surface area contributed by atoms with Crippen LogP contribution in [0.5, 0.6) is 10.9 Å². The van der Waals surface area contributed by atoms with Crippen LogP contribution in [0.3, 0.4) is 0 Å². The third-order valence-electron chi connectivity index (χ3n) is 1.65. The van der Waals surface area contributed by atoms with Gasteiger partial charge in [-0.3, -0.25) is 10.1 Å². The van der Waals surface area contributed by atoms with E-state index < -0.39 is 4.92 Å². The van der Waals surface area contributed by atoms with E-state index >= 15 is 0 Å². The highest BCUT2D eigenvalue weighted by Gasteiger charge is 2.11. The minimum atomic E-state index is -0.492. The average molecular weight is 381 g/mol. The zero-order valence-corrected chi connectivity index (χ0v) is 12.0. The van der Waals surface area contributed by atoms with E-state index in [1.807, 2.05) is 0 Å². The lowest BCUT2D eigenvalue weighted by molar-refractivity contribution is -0.385. The molecule has 0 amide bonds. The molecule has 1 aromatic carbocycles. The largest absolute Gasteiger partial charge is 0.429 e. The maximum absolute atomic E-state index is 10.7. The average Bonchev–Trinajstić information content (AvgIpc) is 2.63. The molecule has 1 heterocycles. The molecular formula is C8H3Br2N3O3S. The molecule has 0 aliphatic carbocycles. The summed E-state index contributed by atoms with van der Waals surface area (Å²) in [4.78, 5) is 10.2. The minimum absolute atomic E-state index is 0.0574. The van der Waals surface area contributed by atoms with Gasteiger partial charge in [0.25, 0.3) is 10.9 Å². The Balaban J connectivity index is 2.29. The highest BCUT2D eigenvalue weighted by Crippen LogP contribution is 2.31. The van der Waals surface area contributed by atoms with Gasteiger partial charge in [-0.1, -0.05) is 21.0 Å². The summed E-state index contributed by atoms with van der Waals surface area (Å²) in [5.41, 5.74) is -0.0574. The molecule has 0 radical (unpaired) electrons. The first-order valence-electron chi connectivity index (χ1n) is 4.16. The number of rotatable bonds is 3. The topological polar surface area (TPSA) is 78.2 Å². The monoisotopic (exact) mass is 379 g/mol. The van der Waals surface area contributed by atoms with Crippen LogP contribution in [0.25, 0.3) is 0 Å². The number of aromatic nitrogens is 2. The van der Waals surface area contributed by atoms with Gasteiger partial charge >= 0.3 is 0 Å². The van der Waals surface area contributed by atoms with Crippen LogP contribution in [-0.4, -0.2) is 15.1 Å². The maximum Gasteiger partial charge on any atom is 0.300 e. The molecule has 2 aromatic rings. The van der Waals surface area contributed by atoms with Gasteiger partial charge in [0.2, 0.25) is 0 Å². The van der Waals surface area contributed by atoms with Crippen LogP contribution in [0.2, 0.25) is 0 Å². The summed E-state index contributed by atoms with van der Waals surface area (Å²) in [6, 6.07) is 4.32. The van der Waals surface area contributed by atoms with E-state index in [0.717, 1.165) is 0 Å². The Morgan fingerprint density at radius 3 is 2.65 bits per heavy atom. The van der Waals surface area contributed by atoms with E-state index in [0.29, 0.717) is 19.3 Å². The van der Waals surface area contributed by atoms with Crippen LogP contribution < -0.4 is 4.74 Å². The minimum Gasteiger partial charge on any atom is -0.429 e. The number of hydrogen-bond donors (Lipinski definition) is 0. The number of halogens is 2. The molecule has 0 N–H and O–H groups in total. The fraction of sp³-hybridized carbons (Fsp3) is 0. The summed E-state index contributed by atoms with van der Waals surface area (Å²) < 4.78 is 6.49. The van der Waals surface area contributed by atoms with E-state index in [2.05, 4.69) is 42.1 Å². The molecule has 0 bridgehead atoms. The Labute approximate surface area is 116 Å². The Hall–Kier alpha value is -1.06. The lowest BCUT2D eigenvalue weighted by Crippen LogP contribution is -1.90. The van der Waals surface area contributed by atoms with Gasteiger partial charge in [-0.15, -0.1) is 5.10 Å². The van der Waals surface area contributed by atoms with Crippen molar-refractivity contribution >= 4 is 48.9 Å². The highest BCUT2D eigenvalue weighted by atomic mass is 79.9. The van der Waals surface area contributed by atoms with Crippen LogP contribution in [0.1, 0.15) is 0 Å². The molecule has 0 unspecified atom stereocenters. The van der Waals surface area contributed by atoms with Gasteiger partial charge in [0.15, 0.2) is 3.92 Å². The van der Waals surface area contributed by atoms with Gasteiger partial charge in [0.05, 0.1) is 11.0 Å². The molecule has 0 aliphatic heterocycles. The molecule has 0 fully saturated rings. The van der Waals surface area contributed by atoms with E-state index in [1.54, 1.807) is 6.07 Å². The third kappa shape index (κ3) is 3.20. The predicted octanol–water partition coefficient (Wildman–Crippen LogP) is 3.76. The van der Waals surface area contributed by atoms with Gasteiger partial charge in [0.1, 0.15) is 5.75 Å². The smallest absolute Gasteiger partial charge is 0.300 e. The van der Waals surface area contributed by atoms with Crippen molar-refractivity contribution in [1.82, 2.24) is 10.2 Å². The quantitative estimate of drug-likeness (QED) is 0.598. The fourth-order valence-corrected chi connectivity index (χ4v) is 2.45. The van der Waals surface area contributed by atoms with Crippen LogP contribution in [0.4, 0.5) is 5.69 Å². The molecule has 0 spiro atoms. The number of nitrogens with zero attached hydrogens (tertiary/aromatic N) is 3. The molecule has 9 heteroatoms. The summed E-state index contributed by atoms with van der Waals surface area (Å²) >= 11 is 7.51. The SMILES string of the molecule is O=[N+]([O-])c1cc(Br)cc(Oc2nnc(Br)s2)c1. The van der Waals surface area contributed by atoms with Crippen molar-refractivity contribution < 1.29 is 9.66 Å². The Kier molecular flexibility index (Phi) is 3.69. The first-order chi connectivity index (χ1) is 8.04. The van der Waals surface area contributed by atoms with Gasteiger partial charge in [-0.25, -0.2) is 0 Å². The molecule has 1 aromatic heterocycles. The molecule has 0 saturated heterocycles. The van der Waals surface area contributed by atoms with Crippen LogP contribution in [-0.2, 0) is 0 Å². The molecule has 88 valence electrons. The number of benzene rings is 1. The second-order valence-corrected chi connectivity index (χ2v) is 5.96. The summed E-state index contributed by atoms with van der Waals surface area (Å²) in [6.07, 6.45) is 0. The van der Waals surface area contributed by atoms with E-state index in [9.17, 15) is 10.1 Å². The first kappa shape index (κ1) is 12.4. The second-order valence-electron chi connectivity index (χ2n) is 2.83. The lowest BCUT2D eigenvalue weighted by atomic mass is 10.3. The number of ether oxygens (including phenoxy) is 1. The van der Waals surface area contributed by atoms with E-state index in [4.69, 9.17) is 4.74 Å². The fourth-order valence-electron chi connectivity index (χ4n) is 1.05. The number of nitro groups is 1. The zero-order chi connectivity index (χ0) is 12.4. The Morgan fingerprint density at radius 2 is 2.06 bits per heavy atom. The third-order valence-corrected chi connectivity index (χ3v) is 3.35. The predicted molar refractivity (Wildman–Crippen MR) is 68.5 cm³/mol. The van der Waals surface area contributed by atoms with Gasteiger partial charge < -0.3 is 4.74 Å². The molecule has 6 nitrogen and oxygen atoms in total. The maximum atomic E-state index is 10.7. The Bertz CT molecular complexity index is 575. The summed E-state index contributed by atoms with van der Waals surface area (Å²) in [6.45, 7) is 0. The van der Waals surface area contributed by atoms with Gasteiger partial charge in [-0.2, -0.15) is 0 Å². The summed E-state index contributed by atoms with van der Waals surface area (Å²) in [5, 5.41) is 18.4. The van der Waals surface area contributed by atoms with Gasteiger partial charge in [0, 0.05) is 10.5 Å². The molecule has 0 atom stereocenters.